The van der Waals surface area contributed by atoms with Crippen molar-refractivity contribution >= 4 is 27.5 Å². The van der Waals surface area contributed by atoms with Crippen LogP contribution in [0.25, 0.3) is 0 Å². The molecule has 0 atom stereocenters. The molecule has 2 aliphatic rings. The van der Waals surface area contributed by atoms with E-state index in [-0.39, 0.29) is 23.4 Å². The van der Waals surface area contributed by atoms with Gasteiger partial charge in [0.2, 0.25) is 15.9 Å². The van der Waals surface area contributed by atoms with Gasteiger partial charge in [-0.05, 0) is 49.9 Å². The molecule has 1 heterocycles. The Bertz CT molecular complexity index is 694. The van der Waals surface area contributed by atoms with Gasteiger partial charge in [0, 0.05) is 24.2 Å². The Labute approximate surface area is 155 Å². The lowest BCUT2D eigenvalue weighted by molar-refractivity contribution is -0.130. The van der Waals surface area contributed by atoms with E-state index in [1.807, 2.05) is 0 Å². The molecular formula is C18H25ClN2O3S. The highest BCUT2D eigenvalue weighted by Crippen LogP contribution is 2.28. The second kappa shape index (κ2) is 8.06. The average Bonchev–Trinajstić information content (AvgIpc) is 3.15. The average molecular weight is 385 g/mol. The number of hydrogen-bond acceptors (Lipinski definition) is 3. The zero-order chi connectivity index (χ0) is 17.9. The third-order valence-corrected chi connectivity index (χ3v) is 7.32. The van der Waals surface area contributed by atoms with Crippen LogP contribution in [0.1, 0.15) is 44.9 Å². The first-order valence-corrected chi connectivity index (χ1v) is 10.9. The summed E-state index contributed by atoms with van der Waals surface area (Å²) >= 11 is 5.89. The molecule has 25 heavy (non-hydrogen) atoms. The Kier molecular flexibility index (Phi) is 6.02. The van der Waals surface area contributed by atoms with E-state index in [0.717, 1.165) is 58.0 Å². The minimum absolute atomic E-state index is 0.0599. The maximum Gasteiger partial charge on any atom is 0.243 e. The summed E-state index contributed by atoms with van der Waals surface area (Å²) in [6, 6.07) is 6.11. The number of benzene rings is 1. The molecule has 1 aromatic rings. The zero-order valence-electron chi connectivity index (χ0n) is 14.4. The molecule has 0 bridgehead atoms. The van der Waals surface area contributed by atoms with Gasteiger partial charge >= 0.3 is 0 Å². The highest BCUT2D eigenvalue weighted by atomic mass is 35.5. The van der Waals surface area contributed by atoms with Crippen LogP contribution in [0, 0.1) is 0 Å². The van der Waals surface area contributed by atoms with Crippen LogP contribution >= 0.6 is 11.6 Å². The lowest BCUT2D eigenvalue weighted by Gasteiger charge is -2.34. The van der Waals surface area contributed by atoms with Gasteiger partial charge in [-0.3, -0.25) is 4.79 Å². The molecule has 1 saturated carbocycles. The first-order chi connectivity index (χ1) is 12.0. The van der Waals surface area contributed by atoms with Crippen LogP contribution in [0.15, 0.2) is 29.2 Å². The van der Waals surface area contributed by atoms with Gasteiger partial charge in [-0.25, -0.2) is 8.42 Å². The van der Waals surface area contributed by atoms with Gasteiger partial charge in [-0.15, -0.1) is 0 Å². The van der Waals surface area contributed by atoms with Crippen molar-refractivity contribution in [3.63, 3.8) is 0 Å². The largest absolute Gasteiger partial charge is 0.342 e. The zero-order valence-corrected chi connectivity index (χ0v) is 15.9. The van der Waals surface area contributed by atoms with E-state index < -0.39 is 10.0 Å². The number of sulfonamides is 1. The van der Waals surface area contributed by atoms with Gasteiger partial charge in [0.1, 0.15) is 0 Å². The SMILES string of the molecule is O=C(CN(C1CCCCC1)S(=O)(=O)c1ccc(Cl)cc1)N1CCCC1. The quantitative estimate of drug-likeness (QED) is 0.782. The molecule has 5 nitrogen and oxygen atoms in total. The maximum atomic E-state index is 13.2. The summed E-state index contributed by atoms with van der Waals surface area (Å²) in [5.74, 6) is -0.0828. The number of hydrogen-bond donors (Lipinski definition) is 0. The predicted molar refractivity (Wildman–Crippen MR) is 98.0 cm³/mol. The van der Waals surface area contributed by atoms with Crippen molar-refractivity contribution in [2.24, 2.45) is 0 Å². The first kappa shape index (κ1) is 18.7. The monoisotopic (exact) mass is 384 g/mol. The van der Waals surface area contributed by atoms with E-state index in [1.54, 1.807) is 17.0 Å². The van der Waals surface area contributed by atoms with Crippen molar-refractivity contribution in [3.8, 4) is 0 Å². The van der Waals surface area contributed by atoms with Crippen molar-refractivity contribution < 1.29 is 13.2 Å². The summed E-state index contributed by atoms with van der Waals surface area (Å²) in [6.45, 7) is 1.41. The lowest BCUT2D eigenvalue weighted by Crippen LogP contribution is -2.47. The molecule has 1 aliphatic carbocycles. The fourth-order valence-electron chi connectivity index (χ4n) is 3.72. The van der Waals surface area contributed by atoms with E-state index in [4.69, 9.17) is 11.6 Å². The van der Waals surface area contributed by atoms with Crippen LogP contribution in [0.3, 0.4) is 0 Å². The van der Waals surface area contributed by atoms with Crippen molar-refractivity contribution in [3.05, 3.63) is 29.3 Å². The molecule has 0 radical (unpaired) electrons. The van der Waals surface area contributed by atoms with Crippen molar-refractivity contribution in [2.45, 2.75) is 55.9 Å². The Morgan fingerprint density at radius 1 is 1.04 bits per heavy atom. The number of likely N-dealkylation sites (tertiary alicyclic amines) is 1. The fraction of sp³-hybridized carbons (Fsp3) is 0.611. The second-order valence-corrected chi connectivity index (χ2v) is 9.21. The molecule has 1 saturated heterocycles. The normalized spacial score (nSPS) is 19.5. The fourth-order valence-corrected chi connectivity index (χ4v) is 5.48. The summed E-state index contributed by atoms with van der Waals surface area (Å²) in [7, 11) is -3.71. The van der Waals surface area contributed by atoms with Gasteiger partial charge in [0.25, 0.3) is 0 Å². The Balaban J connectivity index is 1.86. The Morgan fingerprint density at radius 2 is 1.64 bits per heavy atom. The number of carbonyl (C=O) groups excluding carboxylic acids is 1. The van der Waals surface area contributed by atoms with Gasteiger partial charge < -0.3 is 4.90 Å². The molecule has 0 N–H and O–H groups in total. The Morgan fingerprint density at radius 3 is 2.24 bits per heavy atom. The summed E-state index contributed by atoms with van der Waals surface area (Å²) in [5, 5.41) is 0.497. The van der Waals surface area contributed by atoms with Gasteiger partial charge in [0.15, 0.2) is 0 Å². The van der Waals surface area contributed by atoms with Gasteiger partial charge in [0.05, 0.1) is 11.4 Å². The molecule has 1 aromatic carbocycles. The molecule has 1 amide bonds. The highest BCUT2D eigenvalue weighted by molar-refractivity contribution is 7.89. The standard InChI is InChI=1S/C18H25ClN2O3S/c19-15-8-10-17(11-9-15)25(23,24)21(16-6-2-1-3-7-16)14-18(22)20-12-4-5-13-20/h8-11,16H,1-7,12-14H2. The van der Waals surface area contributed by atoms with Crippen LogP contribution in [0.4, 0.5) is 0 Å². The lowest BCUT2D eigenvalue weighted by atomic mass is 9.95. The number of rotatable bonds is 5. The van der Waals surface area contributed by atoms with Crippen molar-refractivity contribution in [1.82, 2.24) is 9.21 Å². The van der Waals surface area contributed by atoms with Crippen LogP contribution < -0.4 is 0 Å². The topological polar surface area (TPSA) is 57.7 Å². The summed E-state index contributed by atoms with van der Waals surface area (Å²) in [5.41, 5.74) is 0. The minimum atomic E-state index is -3.71. The number of nitrogens with zero attached hydrogens (tertiary/aromatic N) is 2. The molecule has 1 aliphatic heterocycles. The van der Waals surface area contributed by atoms with Crippen molar-refractivity contribution in [2.75, 3.05) is 19.6 Å². The van der Waals surface area contributed by atoms with E-state index >= 15 is 0 Å². The number of carbonyl (C=O) groups is 1. The van der Waals surface area contributed by atoms with E-state index in [9.17, 15) is 13.2 Å². The third kappa shape index (κ3) is 4.36. The van der Waals surface area contributed by atoms with E-state index in [1.165, 1.54) is 16.4 Å². The summed E-state index contributed by atoms with van der Waals surface area (Å²) < 4.78 is 27.9. The third-order valence-electron chi connectivity index (χ3n) is 5.15. The van der Waals surface area contributed by atoms with E-state index in [0.29, 0.717) is 5.02 Å². The molecule has 7 heteroatoms. The highest BCUT2D eigenvalue weighted by Gasteiger charge is 2.35. The molecule has 2 fully saturated rings. The van der Waals surface area contributed by atoms with Crippen molar-refractivity contribution in [1.29, 1.82) is 0 Å². The van der Waals surface area contributed by atoms with Crippen LogP contribution in [-0.2, 0) is 14.8 Å². The first-order valence-electron chi connectivity index (χ1n) is 9.04. The van der Waals surface area contributed by atoms with Crippen LogP contribution in [0.2, 0.25) is 5.02 Å². The molecule has 0 unspecified atom stereocenters. The van der Waals surface area contributed by atoms with Crippen LogP contribution in [0.5, 0.6) is 0 Å². The van der Waals surface area contributed by atoms with Gasteiger partial charge in [-0.1, -0.05) is 30.9 Å². The maximum absolute atomic E-state index is 13.2. The molecule has 0 spiro atoms. The van der Waals surface area contributed by atoms with E-state index in [2.05, 4.69) is 0 Å². The van der Waals surface area contributed by atoms with Crippen LogP contribution in [-0.4, -0.2) is 49.2 Å². The minimum Gasteiger partial charge on any atom is -0.342 e. The molecule has 138 valence electrons. The predicted octanol–water partition coefficient (Wildman–Crippen LogP) is 3.29. The second-order valence-electron chi connectivity index (χ2n) is 6.88. The number of halogens is 1. The summed E-state index contributed by atoms with van der Waals surface area (Å²) in [6.07, 6.45) is 6.79. The number of amides is 1. The summed E-state index contributed by atoms with van der Waals surface area (Å²) in [4.78, 5) is 14.6. The molecular weight excluding hydrogens is 360 g/mol. The smallest absolute Gasteiger partial charge is 0.243 e. The Hall–Kier alpha value is -1.11. The van der Waals surface area contributed by atoms with Gasteiger partial charge in [-0.2, -0.15) is 4.31 Å². The molecule has 3 rings (SSSR count). The molecule has 0 aromatic heterocycles.